The Hall–Kier alpha value is -2.50. The van der Waals surface area contributed by atoms with Gasteiger partial charge in [-0.3, -0.25) is 4.79 Å². The highest BCUT2D eigenvalue weighted by atomic mass is 16.5. The monoisotopic (exact) mass is 316 g/mol. The van der Waals surface area contributed by atoms with Crippen molar-refractivity contribution in [3.8, 4) is 11.5 Å². The van der Waals surface area contributed by atoms with Gasteiger partial charge in [0.15, 0.2) is 5.76 Å². The lowest BCUT2D eigenvalue weighted by Crippen LogP contribution is -2.31. The third-order valence-corrected chi connectivity index (χ3v) is 4.13. The van der Waals surface area contributed by atoms with Gasteiger partial charge in [-0.25, -0.2) is 0 Å². The molecule has 6 heteroatoms. The van der Waals surface area contributed by atoms with Crippen molar-refractivity contribution < 1.29 is 18.8 Å². The Bertz CT molecular complexity index is 688. The molecule has 1 saturated heterocycles. The lowest BCUT2D eigenvalue weighted by atomic mass is 10.1. The Kier molecular flexibility index (Phi) is 4.23. The predicted octanol–water partition coefficient (Wildman–Crippen LogP) is 2.98. The van der Waals surface area contributed by atoms with Crippen LogP contribution in [0.15, 0.2) is 28.8 Å². The second kappa shape index (κ2) is 6.32. The Balaban J connectivity index is 1.96. The molecule has 0 spiro atoms. The summed E-state index contributed by atoms with van der Waals surface area (Å²) in [6, 6.07) is 7.11. The fourth-order valence-electron chi connectivity index (χ4n) is 3.05. The Morgan fingerprint density at radius 1 is 1.30 bits per heavy atom. The van der Waals surface area contributed by atoms with Gasteiger partial charge in [-0.05, 0) is 31.9 Å². The number of hydrogen-bond donors (Lipinski definition) is 0. The maximum Gasteiger partial charge on any atom is 0.262 e. The SMILES string of the molecule is COc1cccc(OC)c1C(=O)N1CCC[C@@H]1c1cc(C)no1. The van der Waals surface area contributed by atoms with Crippen LogP contribution in [0.3, 0.4) is 0 Å². The average Bonchev–Trinajstić information content (AvgIpc) is 3.21. The fraction of sp³-hybridized carbons (Fsp3) is 0.412. The maximum absolute atomic E-state index is 13.1. The third-order valence-electron chi connectivity index (χ3n) is 4.13. The summed E-state index contributed by atoms with van der Waals surface area (Å²) in [5, 5.41) is 3.93. The first kappa shape index (κ1) is 15.4. The van der Waals surface area contributed by atoms with Gasteiger partial charge in [-0.2, -0.15) is 0 Å². The highest BCUT2D eigenvalue weighted by Gasteiger charge is 2.35. The summed E-state index contributed by atoms with van der Waals surface area (Å²) in [5.41, 5.74) is 1.26. The van der Waals surface area contributed by atoms with E-state index in [0.29, 0.717) is 23.6 Å². The fourth-order valence-corrected chi connectivity index (χ4v) is 3.05. The van der Waals surface area contributed by atoms with Crippen LogP contribution in [0.1, 0.15) is 40.7 Å². The molecule has 1 atom stereocenters. The summed E-state index contributed by atoms with van der Waals surface area (Å²) in [6.07, 6.45) is 1.78. The predicted molar refractivity (Wildman–Crippen MR) is 83.8 cm³/mol. The molecule has 0 bridgehead atoms. The quantitative estimate of drug-likeness (QED) is 0.867. The van der Waals surface area contributed by atoms with Crippen molar-refractivity contribution in [2.45, 2.75) is 25.8 Å². The van der Waals surface area contributed by atoms with Gasteiger partial charge < -0.3 is 18.9 Å². The van der Waals surface area contributed by atoms with Gasteiger partial charge in [0.05, 0.1) is 26.0 Å². The molecule has 6 nitrogen and oxygen atoms in total. The molecule has 1 fully saturated rings. The lowest BCUT2D eigenvalue weighted by molar-refractivity contribution is 0.0707. The molecule has 0 N–H and O–H groups in total. The second-order valence-electron chi connectivity index (χ2n) is 5.56. The summed E-state index contributed by atoms with van der Waals surface area (Å²) in [4.78, 5) is 14.9. The largest absolute Gasteiger partial charge is 0.496 e. The van der Waals surface area contributed by atoms with E-state index < -0.39 is 0 Å². The number of hydrogen-bond acceptors (Lipinski definition) is 5. The minimum atomic E-state index is -0.115. The molecule has 1 aromatic heterocycles. The van der Waals surface area contributed by atoms with E-state index >= 15 is 0 Å². The van der Waals surface area contributed by atoms with Crippen molar-refractivity contribution in [2.24, 2.45) is 0 Å². The van der Waals surface area contributed by atoms with E-state index in [1.807, 2.05) is 13.0 Å². The molecular formula is C17H20N2O4. The summed E-state index contributed by atoms with van der Waals surface area (Å²) in [6.45, 7) is 2.54. The van der Waals surface area contributed by atoms with Gasteiger partial charge in [-0.15, -0.1) is 0 Å². The van der Waals surface area contributed by atoms with E-state index in [4.69, 9.17) is 14.0 Å². The van der Waals surface area contributed by atoms with Crippen LogP contribution < -0.4 is 9.47 Å². The standard InChI is InChI=1S/C17H20N2O4/c1-11-10-15(23-18-11)12-6-5-9-19(12)17(20)16-13(21-2)7-4-8-14(16)22-3/h4,7-8,10,12H,5-6,9H2,1-3H3/t12-/m1/s1. The van der Waals surface area contributed by atoms with E-state index in [-0.39, 0.29) is 11.9 Å². The van der Waals surface area contributed by atoms with Crippen LogP contribution in [-0.4, -0.2) is 36.7 Å². The smallest absolute Gasteiger partial charge is 0.262 e. The molecule has 0 saturated carbocycles. The zero-order chi connectivity index (χ0) is 16.4. The summed E-state index contributed by atoms with van der Waals surface area (Å²) >= 11 is 0. The molecule has 2 heterocycles. The third kappa shape index (κ3) is 2.76. The zero-order valence-electron chi connectivity index (χ0n) is 13.5. The second-order valence-corrected chi connectivity index (χ2v) is 5.56. The normalized spacial score (nSPS) is 17.3. The maximum atomic E-state index is 13.1. The molecule has 122 valence electrons. The van der Waals surface area contributed by atoms with Gasteiger partial charge in [0.1, 0.15) is 17.1 Å². The van der Waals surface area contributed by atoms with E-state index in [2.05, 4.69) is 5.16 Å². The molecule has 3 rings (SSSR count). The van der Waals surface area contributed by atoms with E-state index in [1.165, 1.54) is 0 Å². The topological polar surface area (TPSA) is 64.8 Å². The molecule has 0 unspecified atom stereocenters. The van der Waals surface area contributed by atoms with Gasteiger partial charge in [0, 0.05) is 12.6 Å². The van der Waals surface area contributed by atoms with Crippen LogP contribution >= 0.6 is 0 Å². The highest BCUT2D eigenvalue weighted by molar-refractivity contribution is 6.00. The van der Waals surface area contributed by atoms with Gasteiger partial charge in [0.2, 0.25) is 0 Å². The number of methoxy groups -OCH3 is 2. The average molecular weight is 316 g/mol. The first-order valence-electron chi connectivity index (χ1n) is 7.61. The Morgan fingerprint density at radius 3 is 2.57 bits per heavy atom. The van der Waals surface area contributed by atoms with Gasteiger partial charge >= 0.3 is 0 Å². The lowest BCUT2D eigenvalue weighted by Gasteiger charge is -2.24. The number of amides is 1. The number of benzene rings is 1. The molecular weight excluding hydrogens is 296 g/mol. The summed E-state index contributed by atoms with van der Waals surface area (Å²) in [5.74, 6) is 1.63. The zero-order valence-corrected chi connectivity index (χ0v) is 13.5. The molecule has 0 radical (unpaired) electrons. The van der Waals surface area contributed by atoms with Crippen LogP contribution in [0.4, 0.5) is 0 Å². The first-order valence-corrected chi connectivity index (χ1v) is 7.61. The van der Waals surface area contributed by atoms with Crippen molar-refractivity contribution in [1.29, 1.82) is 0 Å². The molecule has 0 aliphatic carbocycles. The molecule has 1 amide bonds. The van der Waals surface area contributed by atoms with Crippen molar-refractivity contribution in [3.63, 3.8) is 0 Å². The molecule has 1 aromatic carbocycles. The van der Waals surface area contributed by atoms with Crippen molar-refractivity contribution in [1.82, 2.24) is 10.1 Å². The molecule has 23 heavy (non-hydrogen) atoms. The Labute approximate surface area is 135 Å². The van der Waals surface area contributed by atoms with Crippen molar-refractivity contribution in [2.75, 3.05) is 20.8 Å². The van der Waals surface area contributed by atoms with E-state index in [9.17, 15) is 4.79 Å². The first-order chi connectivity index (χ1) is 11.2. The minimum absolute atomic E-state index is 0.0988. The van der Waals surface area contributed by atoms with E-state index in [1.54, 1.807) is 37.3 Å². The van der Waals surface area contributed by atoms with Crippen LogP contribution in [-0.2, 0) is 0 Å². The summed E-state index contributed by atoms with van der Waals surface area (Å²) in [7, 11) is 3.10. The van der Waals surface area contributed by atoms with Crippen LogP contribution in [0, 0.1) is 6.92 Å². The van der Waals surface area contributed by atoms with Gasteiger partial charge in [0.25, 0.3) is 5.91 Å². The van der Waals surface area contributed by atoms with Crippen LogP contribution in [0.25, 0.3) is 0 Å². The highest BCUT2D eigenvalue weighted by Crippen LogP contribution is 2.37. The number of carbonyl (C=O) groups is 1. The number of nitrogens with zero attached hydrogens (tertiary/aromatic N) is 2. The number of likely N-dealkylation sites (tertiary alicyclic amines) is 1. The van der Waals surface area contributed by atoms with Crippen molar-refractivity contribution in [3.05, 3.63) is 41.3 Å². The van der Waals surface area contributed by atoms with Gasteiger partial charge in [-0.1, -0.05) is 11.2 Å². The van der Waals surface area contributed by atoms with E-state index in [0.717, 1.165) is 24.3 Å². The number of carbonyl (C=O) groups excluding carboxylic acids is 1. The number of aromatic nitrogens is 1. The molecule has 2 aromatic rings. The number of aryl methyl sites for hydroxylation is 1. The van der Waals surface area contributed by atoms with Crippen LogP contribution in [0.5, 0.6) is 11.5 Å². The molecule has 1 aliphatic heterocycles. The number of ether oxygens (including phenoxy) is 2. The Morgan fingerprint density at radius 2 is 2.00 bits per heavy atom. The van der Waals surface area contributed by atoms with Crippen molar-refractivity contribution >= 4 is 5.91 Å². The summed E-state index contributed by atoms with van der Waals surface area (Å²) < 4.78 is 16.1. The van der Waals surface area contributed by atoms with Crippen LogP contribution in [0.2, 0.25) is 0 Å². The number of rotatable bonds is 4. The molecule has 1 aliphatic rings. The minimum Gasteiger partial charge on any atom is -0.496 e.